The summed E-state index contributed by atoms with van der Waals surface area (Å²) in [5, 5.41) is 0. The molecule has 0 heterocycles. The number of carbonyl (C=O) groups is 1. The zero-order valence-electron chi connectivity index (χ0n) is 11.5. The molecule has 0 rings (SSSR count). The number of hydrogen-bond acceptors (Lipinski definition) is 3. The molecule has 0 aromatic carbocycles. The number of ether oxygens (including phenoxy) is 2. The van der Waals surface area contributed by atoms with Crippen LogP contribution in [0.5, 0.6) is 0 Å². The van der Waals surface area contributed by atoms with Crippen LogP contribution in [0.15, 0.2) is 0 Å². The highest BCUT2D eigenvalue weighted by atomic mass is 16.6. The van der Waals surface area contributed by atoms with Crippen molar-refractivity contribution in [2.75, 3.05) is 20.3 Å². The number of rotatable bonds is 6. The van der Waals surface area contributed by atoms with Crippen molar-refractivity contribution in [2.24, 2.45) is 17.3 Å². The van der Waals surface area contributed by atoms with Crippen LogP contribution >= 0.6 is 0 Å². The zero-order chi connectivity index (χ0) is 12.8. The Morgan fingerprint density at radius 3 is 2.12 bits per heavy atom. The van der Waals surface area contributed by atoms with Crippen LogP contribution in [-0.2, 0) is 14.3 Å². The molecule has 0 bridgehead atoms. The summed E-state index contributed by atoms with van der Waals surface area (Å²) in [7, 11) is 1.60. The summed E-state index contributed by atoms with van der Waals surface area (Å²) < 4.78 is 10.1. The van der Waals surface area contributed by atoms with E-state index in [4.69, 9.17) is 9.47 Å². The van der Waals surface area contributed by atoms with Gasteiger partial charge in [-0.3, -0.25) is 4.79 Å². The van der Waals surface area contributed by atoms with Gasteiger partial charge in [0.1, 0.15) is 6.61 Å². The third kappa shape index (κ3) is 6.11. The van der Waals surface area contributed by atoms with Gasteiger partial charge in [0, 0.05) is 7.11 Å². The number of esters is 1. The Labute approximate surface area is 99.5 Å². The van der Waals surface area contributed by atoms with E-state index in [-0.39, 0.29) is 17.3 Å². The normalized spacial score (nSPS) is 13.9. The molecule has 0 radical (unpaired) electrons. The largest absolute Gasteiger partial charge is 0.463 e. The Morgan fingerprint density at radius 1 is 1.19 bits per heavy atom. The molecular weight excluding hydrogens is 204 g/mol. The van der Waals surface area contributed by atoms with Crippen molar-refractivity contribution in [3.63, 3.8) is 0 Å². The summed E-state index contributed by atoms with van der Waals surface area (Å²) in [5.74, 6) is 0.363. The van der Waals surface area contributed by atoms with Crippen LogP contribution in [0.3, 0.4) is 0 Å². The third-order valence-electron chi connectivity index (χ3n) is 2.57. The first kappa shape index (κ1) is 15.4. The van der Waals surface area contributed by atoms with Gasteiger partial charge in [-0.1, -0.05) is 34.6 Å². The quantitative estimate of drug-likeness (QED) is 0.520. The van der Waals surface area contributed by atoms with Gasteiger partial charge in [0.05, 0.1) is 12.5 Å². The standard InChI is InChI=1S/C13H26O3/c1-10(2)9-11(13(3,4)5)12(14)16-8-7-15-6/h10-11H,7-9H2,1-6H3. The summed E-state index contributed by atoms with van der Waals surface area (Å²) in [5.41, 5.74) is -0.0472. The molecule has 0 spiro atoms. The van der Waals surface area contributed by atoms with Gasteiger partial charge in [0.15, 0.2) is 0 Å². The van der Waals surface area contributed by atoms with Crippen LogP contribution in [0.1, 0.15) is 41.0 Å². The Kier molecular flexibility index (Phi) is 6.65. The predicted molar refractivity (Wildman–Crippen MR) is 65.2 cm³/mol. The summed E-state index contributed by atoms with van der Waals surface area (Å²) in [6.07, 6.45) is 0.870. The average molecular weight is 230 g/mol. The lowest BCUT2D eigenvalue weighted by Gasteiger charge is -2.30. The second-order valence-electron chi connectivity index (χ2n) is 5.71. The fourth-order valence-electron chi connectivity index (χ4n) is 1.60. The van der Waals surface area contributed by atoms with Gasteiger partial charge in [-0.25, -0.2) is 0 Å². The molecule has 0 aromatic rings. The van der Waals surface area contributed by atoms with Gasteiger partial charge < -0.3 is 9.47 Å². The third-order valence-corrected chi connectivity index (χ3v) is 2.57. The minimum atomic E-state index is -0.0988. The van der Waals surface area contributed by atoms with Gasteiger partial charge in [-0.2, -0.15) is 0 Å². The highest BCUT2D eigenvalue weighted by Crippen LogP contribution is 2.32. The molecule has 0 aliphatic carbocycles. The molecule has 1 unspecified atom stereocenters. The van der Waals surface area contributed by atoms with E-state index in [1.54, 1.807) is 7.11 Å². The van der Waals surface area contributed by atoms with Crippen LogP contribution in [0.25, 0.3) is 0 Å². The molecule has 0 N–H and O–H groups in total. The van der Waals surface area contributed by atoms with Gasteiger partial charge in [-0.15, -0.1) is 0 Å². The van der Waals surface area contributed by atoms with Crippen LogP contribution in [0, 0.1) is 17.3 Å². The minimum absolute atomic E-state index is 0.0376. The number of hydrogen-bond donors (Lipinski definition) is 0. The Balaban J connectivity index is 4.34. The monoisotopic (exact) mass is 230 g/mol. The minimum Gasteiger partial charge on any atom is -0.463 e. The lowest BCUT2D eigenvalue weighted by atomic mass is 9.76. The van der Waals surface area contributed by atoms with Crippen molar-refractivity contribution in [3.8, 4) is 0 Å². The van der Waals surface area contributed by atoms with Crippen molar-refractivity contribution in [2.45, 2.75) is 41.0 Å². The predicted octanol–water partition coefficient (Wildman–Crippen LogP) is 2.88. The second kappa shape index (κ2) is 6.89. The molecule has 16 heavy (non-hydrogen) atoms. The first-order valence-corrected chi connectivity index (χ1v) is 5.94. The molecule has 0 saturated carbocycles. The maximum atomic E-state index is 11.9. The fourth-order valence-corrected chi connectivity index (χ4v) is 1.60. The molecule has 3 nitrogen and oxygen atoms in total. The number of methoxy groups -OCH3 is 1. The van der Waals surface area contributed by atoms with E-state index in [9.17, 15) is 4.79 Å². The molecule has 0 saturated heterocycles. The van der Waals surface area contributed by atoms with Gasteiger partial charge >= 0.3 is 5.97 Å². The Morgan fingerprint density at radius 2 is 1.75 bits per heavy atom. The summed E-state index contributed by atoms with van der Waals surface area (Å²) in [4.78, 5) is 11.9. The molecular formula is C13H26O3. The van der Waals surface area contributed by atoms with Gasteiger partial charge in [0.25, 0.3) is 0 Å². The summed E-state index contributed by atoms with van der Waals surface area (Å²) in [6, 6.07) is 0. The summed E-state index contributed by atoms with van der Waals surface area (Å²) in [6.45, 7) is 11.3. The Bertz CT molecular complexity index is 204. The average Bonchev–Trinajstić information content (AvgIpc) is 2.12. The second-order valence-corrected chi connectivity index (χ2v) is 5.71. The lowest BCUT2D eigenvalue weighted by Crippen LogP contribution is -2.32. The molecule has 0 aromatic heterocycles. The van der Waals surface area contributed by atoms with E-state index in [2.05, 4.69) is 34.6 Å². The topological polar surface area (TPSA) is 35.5 Å². The maximum Gasteiger partial charge on any atom is 0.309 e. The van der Waals surface area contributed by atoms with Crippen LogP contribution < -0.4 is 0 Å². The SMILES string of the molecule is COCCOC(=O)C(CC(C)C)C(C)(C)C. The van der Waals surface area contributed by atoms with Crippen molar-refractivity contribution in [1.82, 2.24) is 0 Å². The molecule has 1 atom stereocenters. The zero-order valence-corrected chi connectivity index (χ0v) is 11.5. The highest BCUT2D eigenvalue weighted by Gasteiger charge is 2.32. The van der Waals surface area contributed by atoms with Crippen molar-refractivity contribution < 1.29 is 14.3 Å². The first-order chi connectivity index (χ1) is 7.29. The van der Waals surface area contributed by atoms with Crippen LogP contribution in [-0.4, -0.2) is 26.3 Å². The maximum absolute atomic E-state index is 11.9. The van der Waals surface area contributed by atoms with E-state index >= 15 is 0 Å². The van der Waals surface area contributed by atoms with E-state index < -0.39 is 0 Å². The first-order valence-electron chi connectivity index (χ1n) is 5.94. The molecule has 0 aliphatic rings. The number of carbonyl (C=O) groups excluding carboxylic acids is 1. The lowest BCUT2D eigenvalue weighted by molar-refractivity contribution is -0.154. The Hall–Kier alpha value is -0.570. The molecule has 3 heteroatoms. The fraction of sp³-hybridized carbons (Fsp3) is 0.923. The van der Waals surface area contributed by atoms with E-state index in [0.29, 0.717) is 19.1 Å². The van der Waals surface area contributed by atoms with Crippen molar-refractivity contribution in [1.29, 1.82) is 0 Å². The van der Waals surface area contributed by atoms with Gasteiger partial charge in [-0.05, 0) is 17.8 Å². The van der Waals surface area contributed by atoms with Crippen LogP contribution in [0.4, 0.5) is 0 Å². The van der Waals surface area contributed by atoms with E-state index in [1.165, 1.54) is 0 Å². The smallest absolute Gasteiger partial charge is 0.309 e. The molecule has 0 fully saturated rings. The molecule has 0 amide bonds. The highest BCUT2D eigenvalue weighted by molar-refractivity contribution is 5.73. The van der Waals surface area contributed by atoms with Crippen molar-refractivity contribution in [3.05, 3.63) is 0 Å². The van der Waals surface area contributed by atoms with E-state index in [0.717, 1.165) is 6.42 Å². The van der Waals surface area contributed by atoms with E-state index in [1.807, 2.05) is 0 Å². The van der Waals surface area contributed by atoms with Crippen molar-refractivity contribution >= 4 is 5.97 Å². The molecule has 96 valence electrons. The van der Waals surface area contributed by atoms with Crippen LogP contribution in [0.2, 0.25) is 0 Å². The summed E-state index contributed by atoms with van der Waals surface area (Å²) >= 11 is 0. The van der Waals surface area contributed by atoms with Gasteiger partial charge in [0.2, 0.25) is 0 Å². The molecule has 0 aliphatic heterocycles.